The third-order valence-electron chi connectivity index (χ3n) is 5.23. The summed E-state index contributed by atoms with van der Waals surface area (Å²) in [5.74, 6) is 1.00. The molecule has 4 rings (SSSR count). The summed E-state index contributed by atoms with van der Waals surface area (Å²) in [6.07, 6.45) is 6.39. The Morgan fingerprint density at radius 3 is 2.32 bits per heavy atom. The zero-order chi connectivity index (χ0) is 16.9. The molecule has 0 saturated heterocycles. The Morgan fingerprint density at radius 1 is 0.920 bits per heavy atom. The SMILES string of the molecule is c1ccc(CC2NC(COC3CCCC3)=NC2c2ccccc2)cc1. The zero-order valence-corrected chi connectivity index (χ0v) is 14.6. The van der Waals surface area contributed by atoms with Crippen molar-refractivity contribution in [2.24, 2.45) is 4.99 Å². The van der Waals surface area contributed by atoms with Gasteiger partial charge in [-0.1, -0.05) is 73.5 Å². The fourth-order valence-electron chi connectivity index (χ4n) is 3.91. The summed E-state index contributed by atoms with van der Waals surface area (Å²) in [6, 6.07) is 21.7. The van der Waals surface area contributed by atoms with Crippen LogP contribution in [0, 0.1) is 0 Å². The number of nitrogens with one attached hydrogen (secondary N) is 1. The maximum atomic E-state index is 6.08. The smallest absolute Gasteiger partial charge is 0.124 e. The van der Waals surface area contributed by atoms with Crippen LogP contribution < -0.4 is 5.32 Å². The standard InChI is InChI=1S/C22H26N2O/c1-3-9-17(10-4-1)15-20-22(18-11-5-2-6-12-18)24-21(23-20)16-25-19-13-7-8-14-19/h1-6,9-12,19-20,22H,7-8,13-16H2,(H,23,24). The first-order valence-corrected chi connectivity index (χ1v) is 9.42. The fourth-order valence-corrected chi connectivity index (χ4v) is 3.91. The molecule has 2 aliphatic rings. The summed E-state index contributed by atoms with van der Waals surface area (Å²) >= 11 is 0. The van der Waals surface area contributed by atoms with Crippen molar-refractivity contribution in [3.63, 3.8) is 0 Å². The number of aliphatic imine (C=N–C) groups is 1. The number of hydrogen-bond acceptors (Lipinski definition) is 3. The van der Waals surface area contributed by atoms with E-state index in [1.807, 2.05) is 0 Å². The molecule has 2 aromatic carbocycles. The van der Waals surface area contributed by atoms with E-state index in [2.05, 4.69) is 66.0 Å². The highest BCUT2D eigenvalue weighted by molar-refractivity contribution is 5.86. The number of nitrogens with zero attached hydrogens (tertiary/aromatic N) is 1. The Labute approximate surface area is 150 Å². The van der Waals surface area contributed by atoms with Gasteiger partial charge in [0, 0.05) is 0 Å². The first-order chi connectivity index (χ1) is 12.4. The Hall–Kier alpha value is -2.13. The molecule has 25 heavy (non-hydrogen) atoms. The van der Waals surface area contributed by atoms with Crippen LogP contribution in [0.25, 0.3) is 0 Å². The van der Waals surface area contributed by atoms with Crippen LogP contribution in [0.5, 0.6) is 0 Å². The highest BCUT2D eigenvalue weighted by Crippen LogP contribution is 2.28. The largest absolute Gasteiger partial charge is 0.370 e. The molecule has 2 atom stereocenters. The Bertz CT molecular complexity index is 692. The lowest BCUT2D eigenvalue weighted by atomic mass is 9.95. The monoisotopic (exact) mass is 334 g/mol. The molecule has 3 nitrogen and oxygen atoms in total. The number of rotatable bonds is 6. The molecule has 2 unspecified atom stereocenters. The van der Waals surface area contributed by atoms with Gasteiger partial charge in [-0.15, -0.1) is 0 Å². The van der Waals surface area contributed by atoms with Crippen LogP contribution in [0.1, 0.15) is 42.9 Å². The molecule has 0 aromatic heterocycles. The molecule has 0 spiro atoms. The van der Waals surface area contributed by atoms with Crippen LogP contribution in [-0.4, -0.2) is 24.6 Å². The van der Waals surface area contributed by atoms with Crippen LogP contribution in [-0.2, 0) is 11.2 Å². The second-order valence-corrected chi connectivity index (χ2v) is 7.09. The molecule has 2 aromatic rings. The van der Waals surface area contributed by atoms with Crippen LogP contribution in [0.2, 0.25) is 0 Å². The number of amidine groups is 1. The molecule has 1 saturated carbocycles. The van der Waals surface area contributed by atoms with Crippen molar-refractivity contribution in [2.45, 2.75) is 50.3 Å². The van der Waals surface area contributed by atoms with E-state index in [0.29, 0.717) is 12.7 Å². The van der Waals surface area contributed by atoms with Gasteiger partial charge in [0.2, 0.25) is 0 Å². The molecule has 1 heterocycles. The lowest BCUT2D eigenvalue weighted by Gasteiger charge is -2.19. The first-order valence-electron chi connectivity index (χ1n) is 9.42. The molecule has 0 amide bonds. The van der Waals surface area contributed by atoms with E-state index in [0.717, 1.165) is 12.3 Å². The predicted octanol–water partition coefficient (Wildman–Crippen LogP) is 4.30. The quantitative estimate of drug-likeness (QED) is 0.854. The maximum absolute atomic E-state index is 6.08. The van der Waals surface area contributed by atoms with Crippen molar-refractivity contribution >= 4 is 5.84 Å². The van der Waals surface area contributed by atoms with Gasteiger partial charge in [0.25, 0.3) is 0 Å². The Kier molecular flexibility index (Phi) is 5.12. The van der Waals surface area contributed by atoms with Gasteiger partial charge in [-0.2, -0.15) is 0 Å². The first kappa shape index (κ1) is 16.3. The summed E-state index contributed by atoms with van der Waals surface area (Å²) in [7, 11) is 0. The van der Waals surface area contributed by atoms with Crippen LogP contribution in [0.4, 0.5) is 0 Å². The minimum Gasteiger partial charge on any atom is -0.370 e. The molecule has 0 radical (unpaired) electrons. The zero-order valence-electron chi connectivity index (χ0n) is 14.6. The van der Waals surface area contributed by atoms with Crippen LogP contribution in [0.15, 0.2) is 65.7 Å². The Balaban J connectivity index is 1.47. The molecule has 1 aliphatic heterocycles. The topological polar surface area (TPSA) is 33.6 Å². The summed E-state index contributed by atoms with van der Waals surface area (Å²) in [5.41, 5.74) is 2.61. The molecule has 1 aliphatic carbocycles. The third-order valence-corrected chi connectivity index (χ3v) is 5.23. The van der Waals surface area contributed by atoms with Gasteiger partial charge in [-0.05, 0) is 30.4 Å². The van der Waals surface area contributed by atoms with Crippen molar-refractivity contribution in [1.29, 1.82) is 0 Å². The van der Waals surface area contributed by atoms with Crippen LogP contribution in [0.3, 0.4) is 0 Å². The average Bonchev–Trinajstić information content (AvgIpc) is 3.31. The average molecular weight is 334 g/mol. The highest BCUT2D eigenvalue weighted by Gasteiger charge is 2.30. The van der Waals surface area contributed by atoms with Gasteiger partial charge in [0.15, 0.2) is 0 Å². The summed E-state index contributed by atoms with van der Waals surface area (Å²) in [4.78, 5) is 4.98. The van der Waals surface area contributed by atoms with Crippen molar-refractivity contribution < 1.29 is 4.74 Å². The fraction of sp³-hybridized carbons (Fsp3) is 0.409. The minimum atomic E-state index is 0.156. The van der Waals surface area contributed by atoms with Crippen molar-refractivity contribution in [3.05, 3.63) is 71.8 Å². The molecule has 1 fully saturated rings. The molecule has 1 N–H and O–H groups in total. The second-order valence-electron chi connectivity index (χ2n) is 7.09. The normalized spacial score (nSPS) is 23.4. The van der Waals surface area contributed by atoms with Gasteiger partial charge < -0.3 is 10.1 Å². The molecular formula is C22H26N2O. The summed E-state index contributed by atoms with van der Waals surface area (Å²) in [6.45, 7) is 0.610. The van der Waals surface area contributed by atoms with Gasteiger partial charge in [-0.25, -0.2) is 0 Å². The van der Waals surface area contributed by atoms with Gasteiger partial charge in [-0.3, -0.25) is 4.99 Å². The van der Waals surface area contributed by atoms with E-state index in [-0.39, 0.29) is 12.1 Å². The molecular weight excluding hydrogens is 308 g/mol. The maximum Gasteiger partial charge on any atom is 0.124 e. The predicted molar refractivity (Wildman–Crippen MR) is 102 cm³/mol. The Morgan fingerprint density at radius 2 is 1.60 bits per heavy atom. The highest BCUT2D eigenvalue weighted by atomic mass is 16.5. The van der Waals surface area contributed by atoms with E-state index in [1.54, 1.807) is 0 Å². The van der Waals surface area contributed by atoms with Crippen molar-refractivity contribution in [1.82, 2.24) is 5.32 Å². The lowest BCUT2D eigenvalue weighted by Crippen LogP contribution is -2.35. The third kappa shape index (κ3) is 4.10. The summed E-state index contributed by atoms with van der Waals surface area (Å²) in [5, 5.41) is 3.64. The van der Waals surface area contributed by atoms with E-state index in [9.17, 15) is 0 Å². The van der Waals surface area contributed by atoms with Crippen molar-refractivity contribution in [2.75, 3.05) is 6.61 Å². The van der Waals surface area contributed by atoms with Crippen molar-refractivity contribution in [3.8, 4) is 0 Å². The second kappa shape index (κ2) is 7.83. The number of hydrogen-bond donors (Lipinski definition) is 1. The van der Waals surface area contributed by atoms with E-state index >= 15 is 0 Å². The number of benzene rings is 2. The minimum absolute atomic E-state index is 0.156. The van der Waals surface area contributed by atoms with E-state index in [4.69, 9.17) is 9.73 Å². The number of ether oxygens (including phenoxy) is 1. The van der Waals surface area contributed by atoms with Gasteiger partial charge >= 0.3 is 0 Å². The van der Waals surface area contributed by atoms with E-state index in [1.165, 1.54) is 36.8 Å². The van der Waals surface area contributed by atoms with Gasteiger partial charge in [0.1, 0.15) is 12.4 Å². The lowest BCUT2D eigenvalue weighted by molar-refractivity contribution is 0.0863. The molecule has 0 bridgehead atoms. The summed E-state index contributed by atoms with van der Waals surface area (Å²) < 4.78 is 6.08. The van der Waals surface area contributed by atoms with E-state index < -0.39 is 0 Å². The van der Waals surface area contributed by atoms with Gasteiger partial charge in [0.05, 0.1) is 18.2 Å². The molecule has 130 valence electrons. The molecule has 3 heteroatoms. The van der Waals surface area contributed by atoms with Crippen LogP contribution >= 0.6 is 0 Å².